The van der Waals surface area contributed by atoms with E-state index in [-0.39, 0.29) is 30.6 Å². The first-order valence-electron chi connectivity index (χ1n) is 10.9. The third kappa shape index (κ3) is 5.90. The molecule has 0 spiro atoms. The summed E-state index contributed by atoms with van der Waals surface area (Å²) in [4.78, 5) is 29.6. The molecule has 7 heteroatoms. The predicted molar refractivity (Wildman–Crippen MR) is 116 cm³/mol. The number of carbonyl (C=O) groups excluding carboxylic acids is 2. The highest BCUT2D eigenvalue weighted by Gasteiger charge is 2.26. The maximum Gasteiger partial charge on any atom is 0.318 e. The van der Waals surface area contributed by atoms with Gasteiger partial charge in [-0.1, -0.05) is 19.3 Å². The summed E-state index contributed by atoms with van der Waals surface area (Å²) in [6.07, 6.45) is 9.15. The Morgan fingerprint density at radius 1 is 1.17 bits per heavy atom. The van der Waals surface area contributed by atoms with Gasteiger partial charge in [0.2, 0.25) is 5.91 Å². The molecule has 1 N–H and O–H groups in total. The highest BCUT2D eigenvalue weighted by Crippen LogP contribution is 2.18. The number of nitrogens with one attached hydrogen (secondary N) is 1. The second kappa shape index (κ2) is 10.4. The number of amides is 3. The second-order valence-corrected chi connectivity index (χ2v) is 8.45. The number of hydrogen-bond acceptors (Lipinski definition) is 3. The molecule has 0 unspecified atom stereocenters. The van der Waals surface area contributed by atoms with E-state index in [0.717, 1.165) is 37.1 Å². The van der Waals surface area contributed by atoms with Crippen LogP contribution in [0, 0.1) is 0 Å². The number of furan rings is 1. The fourth-order valence-corrected chi connectivity index (χ4v) is 3.92. The number of rotatable bonds is 8. The lowest BCUT2D eigenvalue weighted by atomic mass is 9.96. The van der Waals surface area contributed by atoms with E-state index in [0.29, 0.717) is 13.1 Å². The first-order chi connectivity index (χ1) is 14.4. The maximum atomic E-state index is 13.3. The summed E-state index contributed by atoms with van der Waals surface area (Å²) in [5, 5.41) is 3.14. The van der Waals surface area contributed by atoms with Crippen molar-refractivity contribution in [1.82, 2.24) is 19.7 Å². The molecule has 0 atom stereocenters. The number of nitrogens with zero attached hydrogens (tertiary/aromatic N) is 3. The smallest absolute Gasteiger partial charge is 0.318 e. The fourth-order valence-electron chi connectivity index (χ4n) is 3.92. The average molecular weight is 415 g/mol. The van der Waals surface area contributed by atoms with Crippen LogP contribution in [0.25, 0.3) is 0 Å². The van der Waals surface area contributed by atoms with Crippen LogP contribution in [0.5, 0.6) is 0 Å². The molecule has 0 saturated heterocycles. The van der Waals surface area contributed by atoms with Crippen LogP contribution in [-0.2, 0) is 24.9 Å². The SMILES string of the molecule is CC(C)N(CC(=O)N(Cc1ccco1)Cc1cccn1C)C(=O)NC1CCCCC1. The van der Waals surface area contributed by atoms with Gasteiger partial charge in [0.25, 0.3) is 0 Å². The lowest BCUT2D eigenvalue weighted by Gasteiger charge is -2.32. The molecule has 1 fully saturated rings. The van der Waals surface area contributed by atoms with Crippen LogP contribution in [0.15, 0.2) is 41.1 Å². The van der Waals surface area contributed by atoms with Gasteiger partial charge in [0.1, 0.15) is 12.3 Å². The highest BCUT2D eigenvalue weighted by atomic mass is 16.3. The summed E-state index contributed by atoms with van der Waals surface area (Å²) >= 11 is 0. The lowest BCUT2D eigenvalue weighted by Crippen LogP contribution is -2.51. The number of urea groups is 1. The van der Waals surface area contributed by atoms with Crippen molar-refractivity contribution in [3.8, 4) is 0 Å². The summed E-state index contributed by atoms with van der Waals surface area (Å²) in [5.74, 6) is 0.625. The van der Waals surface area contributed by atoms with E-state index in [1.807, 2.05) is 55.9 Å². The van der Waals surface area contributed by atoms with E-state index < -0.39 is 0 Å². The zero-order chi connectivity index (χ0) is 21.5. The third-order valence-electron chi connectivity index (χ3n) is 5.81. The molecule has 164 valence electrons. The molecule has 0 radical (unpaired) electrons. The Bertz CT molecular complexity index is 806. The Labute approximate surface area is 179 Å². The van der Waals surface area contributed by atoms with Crippen LogP contribution in [-0.4, -0.2) is 44.9 Å². The van der Waals surface area contributed by atoms with Crippen molar-refractivity contribution in [2.45, 2.75) is 71.1 Å². The molecule has 3 rings (SSSR count). The van der Waals surface area contributed by atoms with Gasteiger partial charge in [-0.25, -0.2) is 4.79 Å². The molecule has 0 aliphatic heterocycles. The summed E-state index contributed by atoms with van der Waals surface area (Å²) in [6.45, 7) is 4.76. The minimum absolute atomic E-state index is 0.0430. The van der Waals surface area contributed by atoms with Crippen LogP contribution < -0.4 is 5.32 Å². The first-order valence-corrected chi connectivity index (χ1v) is 10.9. The molecule has 1 aliphatic carbocycles. The standard InChI is InChI=1S/C23H34N4O3/c1-18(2)27(23(29)24-19-9-5-4-6-10-19)17-22(28)26(16-21-12-8-14-30-21)15-20-11-7-13-25(20)3/h7-8,11-14,18-19H,4-6,9-10,15-17H2,1-3H3,(H,24,29). The summed E-state index contributed by atoms with van der Waals surface area (Å²) < 4.78 is 7.47. The first kappa shape index (κ1) is 22.0. The molecule has 3 amide bonds. The Hall–Kier alpha value is -2.70. The number of aromatic nitrogens is 1. The number of carbonyl (C=O) groups is 2. The van der Waals surface area contributed by atoms with E-state index >= 15 is 0 Å². The lowest BCUT2D eigenvalue weighted by molar-refractivity contribution is -0.133. The van der Waals surface area contributed by atoms with Crippen molar-refractivity contribution in [3.05, 3.63) is 48.2 Å². The van der Waals surface area contributed by atoms with Crippen molar-refractivity contribution in [2.24, 2.45) is 7.05 Å². The molecular weight excluding hydrogens is 380 g/mol. The summed E-state index contributed by atoms with van der Waals surface area (Å²) in [7, 11) is 1.96. The van der Waals surface area contributed by atoms with E-state index in [1.54, 1.807) is 16.1 Å². The predicted octanol–water partition coefficient (Wildman–Crippen LogP) is 3.90. The second-order valence-electron chi connectivity index (χ2n) is 8.45. The van der Waals surface area contributed by atoms with Gasteiger partial charge in [0, 0.05) is 31.0 Å². The minimum atomic E-state index is -0.151. The average Bonchev–Trinajstić information content (AvgIpc) is 3.38. The van der Waals surface area contributed by atoms with Gasteiger partial charge in [-0.05, 0) is 51.0 Å². The van der Waals surface area contributed by atoms with Crippen molar-refractivity contribution in [2.75, 3.05) is 6.54 Å². The van der Waals surface area contributed by atoms with E-state index in [4.69, 9.17) is 4.42 Å². The van der Waals surface area contributed by atoms with Gasteiger partial charge < -0.3 is 24.1 Å². The van der Waals surface area contributed by atoms with Gasteiger partial charge in [-0.3, -0.25) is 4.79 Å². The van der Waals surface area contributed by atoms with Crippen molar-refractivity contribution in [1.29, 1.82) is 0 Å². The van der Waals surface area contributed by atoms with Crippen LogP contribution in [0.2, 0.25) is 0 Å². The van der Waals surface area contributed by atoms with Gasteiger partial charge in [-0.15, -0.1) is 0 Å². The van der Waals surface area contributed by atoms with Crippen molar-refractivity contribution < 1.29 is 14.0 Å². The Morgan fingerprint density at radius 2 is 1.93 bits per heavy atom. The third-order valence-corrected chi connectivity index (χ3v) is 5.81. The van der Waals surface area contributed by atoms with Gasteiger partial charge in [0.15, 0.2) is 0 Å². The Balaban J connectivity index is 1.69. The molecule has 2 aromatic rings. The van der Waals surface area contributed by atoms with Crippen LogP contribution in [0.3, 0.4) is 0 Å². The molecule has 7 nitrogen and oxygen atoms in total. The number of hydrogen-bond donors (Lipinski definition) is 1. The van der Waals surface area contributed by atoms with Crippen LogP contribution >= 0.6 is 0 Å². The van der Waals surface area contributed by atoms with E-state index in [2.05, 4.69) is 5.32 Å². The Morgan fingerprint density at radius 3 is 2.53 bits per heavy atom. The molecule has 30 heavy (non-hydrogen) atoms. The van der Waals surface area contributed by atoms with Gasteiger partial charge in [0.05, 0.1) is 19.4 Å². The summed E-state index contributed by atoms with van der Waals surface area (Å²) in [6, 6.07) is 7.63. The summed E-state index contributed by atoms with van der Waals surface area (Å²) in [5.41, 5.74) is 1.03. The molecule has 1 saturated carbocycles. The minimum Gasteiger partial charge on any atom is -0.467 e. The zero-order valence-electron chi connectivity index (χ0n) is 18.3. The largest absolute Gasteiger partial charge is 0.467 e. The zero-order valence-corrected chi connectivity index (χ0v) is 18.3. The topological polar surface area (TPSA) is 70.7 Å². The van der Waals surface area contributed by atoms with Crippen LogP contribution in [0.1, 0.15) is 57.4 Å². The molecule has 0 aromatic carbocycles. The highest BCUT2D eigenvalue weighted by molar-refractivity contribution is 5.84. The maximum absolute atomic E-state index is 13.3. The van der Waals surface area contributed by atoms with Gasteiger partial charge >= 0.3 is 6.03 Å². The molecule has 0 bridgehead atoms. The molecule has 2 aromatic heterocycles. The van der Waals surface area contributed by atoms with E-state index in [9.17, 15) is 9.59 Å². The Kier molecular flexibility index (Phi) is 7.60. The van der Waals surface area contributed by atoms with Gasteiger partial charge in [-0.2, -0.15) is 0 Å². The monoisotopic (exact) mass is 414 g/mol. The molecular formula is C23H34N4O3. The number of aryl methyl sites for hydroxylation is 1. The van der Waals surface area contributed by atoms with Crippen molar-refractivity contribution >= 4 is 11.9 Å². The van der Waals surface area contributed by atoms with Crippen LogP contribution in [0.4, 0.5) is 4.79 Å². The fraction of sp³-hybridized carbons (Fsp3) is 0.565. The quantitative estimate of drug-likeness (QED) is 0.712. The molecule has 2 heterocycles. The normalized spacial score (nSPS) is 14.7. The molecule has 1 aliphatic rings. The van der Waals surface area contributed by atoms with Crippen molar-refractivity contribution in [3.63, 3.8) is 0 Å². The van der Waals surface area contributed by atoms with E-state index in [1.165, 1.54) is 6.42 Å².